The average Bonchev–Trinajstić information content (AvgIpc) is 3.05. The van der Waals surface area contributed by atoms with Crippen LogP contribution in [0.4, 0.5) is 4.39 Å². The lowest BCUT2D eigenvalue weighted by Crippen LogP contribution is -2.31. The summed E-state index contributed by atoms with van der Waals surface area (Å²) in [7, 11) is 0. The lowest BCUT2D eigenvalue weighted by Gasteiger charge is -2.19. The number of halogens is 1. The topological polar surface area (TPSA) is 104 Å². The number of benzene rings is 2. The number of nitrogens with zero attached hydrogens (tertiary/aromatic N) is 2. The SMILES string of the molecule is Cc1ccc(F)cc1C(CC(=O)O)NC(=O)c1cc(O)n(-c2ccccc2)n1. The molecule has 1 aromatic heterocycles. The zero-order valence-electron chi connectivity index (χ0n) is 15.0. The third kappa shape index (κ3) is 4.17. The number of aromatic hydroxyl groups is 1. The predicted molar refractivity (Wildman–Crippen MR) is 98.8 cm³/mol. The van der Waals surface area contributed by atoms with Crippen molar-refractivity contribution in [3.05, 3.63) is 77.2 Å². The van der Waals surface area contributed by atoms with E-state index < -0.39 is 30.2 Å². The summed E-state index contributed by atoms with van der Waals surface area (Å²) in [6.45, 7) is 1.70. The van der Waals surface area contributed by atoms with Gasteiger partial charge in [0.25, 0.3) is 5.91 Å². The molecule has 0 radical (unpaired) electrons. The molecule has 0 saturated carbocycles. The first kappa shape index (κ1) is 19.1. The first-order valence-corrected chi connectivity index (χ1v) is 8.48. The van der Waals surface area contributed by atoms with E-state index in [9.17, 15) is 24.2 Å². The van der Waals surface area contributed by atoms with Gasteiger partial charge < -0.3 is 15.5 Å². The molecule has 1 heterocycles. The number of para-hydroxylation sites is 1. The molecule has 3 aromatic rings. The lowest BCUT2D eigenvalue weighted by atomic mass is 9.98. The van der Waals surface area contributed by atoms with Crippen LogP contribution in [-0.2, 0) is 4.79 Å². The van der Waals surface area contributed by atoms with Crippen LogP contribution in [-0.4, -0.2) is 31.9 Å². The number of carbonyl (C=O) groups is 2. The standard InChI is InChI=1S/C20H18FN3O4/c1-12-7-8-13(21)9-15(12)16(11-19(26)27)22-20(28)17-10-18(25)24(23-17)14-5-3-2-4-6-14/h2-10,16,25H,11H2,1H3,(H,22,28)(H,26,27). The van der Waals surface area contributed by atoms with Crippen LogP contribution in [0.3, 0.4) is 0 Å². The van der Waals surface area contributed by atoms with Crippen LogP contribution < -0.4 is 5.32 Å². The first-order chi connectivity index (χ1) is 13.3. The molecule has 8 heteroatoms. The molecule has 0 bridgehead atoms. The maximum Gasteiger partial charge on any atom is 0.305 e. The van der Waals surface area contributed by atoms with Crippen LogP contribution in [0.5, 0.6) is 5.88 Å². The molecule has 0 saturated heterocycles. The second-order valence-corrected chi connectivity index (χ2v) is 6.26. The number of hydrogen-bond acceptors (Lipinski definition) is 4. The van der Waals surface area contributed by atoms with Gasteiger partial charge in [-0.2, -0.15) is 5.10 Å². The third-order valence-corrected chi connectivity index (χ3v) is 4.22. The van der Waals surface area contributed by atoms with Gasteiger partial charge in [0.2, 0.25) is 5.88 Å². The van der Waals surface area contributed by atoms with E-state index in [0.29, 0.717) is 16.8 Å². The molecule has 7 nitrogen and oxygen atoms in total. The number of hydrogen-bond donors (Lipinski definition) is 3. The minimum absolute atomic E-state index is 0.0919. The van der Waals surface area contributed by atoms with Gasteiger partial charge in [0.1, 0.15) is 5.82 Å². The highest BCUT2D eigenvalue weighted by molar-refractivity contribution is 5.93. The highest BCUT2D eigenvalue weighted by Gasteiger charge is 2.23. The number of rotatable bonds is 6. The summed E-state index contributed by atoms with van der Waals surface area (Å²) in [4.78, 5) is 23.9. The number of carboxylic acid groups (broad SMARTS) is 1. The minimum Gasteiger partial charge on any atom is -0.493 e. The molecule has 0 fully saturated rings. The molecule has 2 aromatic carbocycles. The van der Waals surface area contributed by atoms with Crippen molar-refractivity contribution in [2.24, 2.45) is 0 Å². The fraction of sp³-hybridized carbons (Fsp3) is 0.150. The van der Waals surface area contributed by atoms with E-state index in [2.05, 4.69) is 10.4 Å². The van der Waals surface area contributed by atoms with Crippen molar-refractivity contribution < 1.29 is 24.2 Å². The Morgan fingerprint density at radius 3 is 2.57 bits per heavy atom. The van der Waals surface area contributed by atoms with Gasteiger partial charge in [-0.3, -0.25) is 9.59 Å². The Morgan fingerprint density at radius 1 is 1.18 bits per heavy atom. The van der Waals surface area contributed by atoms with Gasteiger partial charge >= 0.3 is 5.97 Å². The van der Waals surface area contributed by atoms with E-state index in [1.54, 1.807) is 37.3 Å². The van der Waals surface area contributed by atoms with Crippen LogP contribution in [0.1, 0.15) is 34.1 Å². The second-order valence-electron chi connectivity index (χ2n) is 6.26. The summed E-state index contributed by atoms with van der Waals surface area (Å²) >= 11 is 0. The highest BCUT2D eigenvalue weighted by atomic mass is 19.1. The lowest BCUT2D eigenvalue weighted by molar-refractivity contribution is -0.137. The van der Waals surface area contributed by atoms with Gasteiger partial charge in [-0.25, -0.2) is 9.07 Å². The normalized spacial score (nSPS) is 11.8. The predicted octanol–water partition coefficient (Wildman–Crippen LogP) is 2.97. The van der Waals surface area contributed by atoms with Crippen molar-refractivity contribution in [3.8, 4) is 11.6 Å². The summed E-state index contributed by atoms with van der Waals surface area (Å²) in [6.07, 6.45) is -0.429. The Labute approximate surface area is 160 Å². The van der Waals surface area contributed by atoms with E-state index in [0.717, 1.165) is 0 Å². The minimum atomic E-state index is -1.15. The Morgan fingerprint density at radius 2 is 1.89 bits per heavy atom. The summed E-state index contributed by atoms with van der Waals surface area (Å²) in [5.74, 6) is -2.60. The summed E-state index contributed by atoms with van der Waals surface area (Å²) in [5.41, 5.74) is 1.47. The van der Waals surface area contributed by atoms with Crippen LogP contribution in [0.25, 0.3) is 5.69 Å². The van der Waals surface area contributed by atoms with Gasteiger partial charge in [0.15, 0.2) is 5.69 Å². The van der Waals surface area contributed by atoms with Crippen LogP contribution in [0, 0.1) is 12.7 Å². The van der Waals surface area contributed by atoms with Gasteiger partial charge in [-0.1, -0.05) is 24.3 Å². The van der Waals surface area contributed by atoms with E-state index >= 15 is 0 Å². The molecule has 144 valence electrons. The van der Waals surface area contributed by atoms with Crippen molar-refractivity contribution in [1.82, 2.24) is 15.1 Å². The van der Waals surface area contributed by atoms with E-state index in [1.165, 1.54) is 28.9 Å². The van der Waals surface area contributed by atoms with Crippen LogP contribution in [0.2, 0.25) is 0 Å². The monoisotopic (exact) mass is 383 g/mol. The van der Waals surface area contributed by atoms with Crippen molar-refractivity contribution in [1.29, 1.82) is 0 Å². The molecule has 3 rings (SSSR count). The average molecular weight is 383 g/mol. The maximum absolute atomic E-state index is 13.6. The fourth-order valence-corrected chi connectivity index (χ4v) is 2.87. The Bertz CT molecular complexity index is 1020. The quantitative estimate of drug-likeness (QED) is 0.607. The van der Waals surface area contributed by atoms with E-state index in [1.807, 2.05) is 0 Å². The highest BCUT2D eigenvalue weighted by Crippen LogP contribution is 2.23. The number of amides is 1. The molecular formula is C20H18FN3O4. The van der Waals surface area contributed by atoms with Crippen molar-refractivity contribution in [2.45, 2.75) is 19.4 Å². The van der Waals surface area contributed by atoms with E-state index in [-0.39, 0.29) is 11.6 Å². The Hall–Kier alpha value is -3.68. The second kappa shape index (κ2) is 7.91. The van der Waals surface area contributed by atoms with Gasteiger partial charge in [0, 0.05) is 6.07 Å². The molecule has 0 aliphatic carbocycles. The summed E-state index contributed by atoms with van der Waals surface area (Å²) < 4.78 is 14.8. The van der Waals surface area contributed by atoms with Crippen molar-refractivity contribution in [2.75, 3.05) is 0 Å². The molecular weight excluding hydrogens is 365 g/mol. The fourth-order valence-electron chi connectivity index (χ4n) is 2.87. The number of carboxylic acids is 1. The smallest absolute Gasteiger partial charge is 0.305 e. The number of aliphatic carboxylic acids is 1. The molecule has 1 unspecified atom stereocenters. The zero-order chi connectivity index (χ0) is 20.3. The summed E-state index contributed by atoms with van der Waals surface area (Å²) in [5, 5.41) is 25.9. The van der Waals surface area contributed by atoms with Gasteiger partial charge in [-0.05, 0) is 42.3 Å². The van der Waals surface area contributed by atoms with Gasteiger partial charge in [0.05, 0.1) is 18.2 Å². The molecule has 1 amide bonds. The van der Waals surface area contributed by atoms with Crippen molar-refractivity contribution in [3.63, 3.8) is 0 Å². The Balaban J connectivity index is 1.88. The van der Waals surface area contributed by atoms with Crippen molar-refractivity contribution >= 4 is 11.9 Å². The molecule has 28 heavy (non-hydrogen) atoms. The third-order valence-electron chi connectivity index (χ3n) is 4.22. The largest absolute Gasteiger partial charge is 0.493 e. The van der Waals surface area contributed by atoms with Gasteiger partial charge in [-0.15, -0.1) is 0 Å². The number of carbonyl (C=O) groups excluding carboxylic acids is 1. The molecule has 1 atom stereocenters. The number of aryl methyl sites for hydroxylation is 1. The van der Waals surface area contributed by atoms with E-state index in [4.69, 9.17) is 0 Å². The molecule has 0 spiro atoms. The zero-order valence-corrected chi connectivity index (χ0v) is 15.0. The number of aromatic nitrogens is 2. The number of nitrogens with one attached hydrogen (secondary N) is 1. The van der Waals surface area contributed by atoms with Crippen LogP contribution >= 0.6 is 0 Å². The maximum atomic E-state index is 13.6. The molecule has 0 aliphatic heterocycles. The molecule has 3 N–H and O–H groups in total. The molecule has 0 aliphatic rings. The Kier molecular flexibility index (Phi) is 5.39. The summed E-state index contributed by atoms with van der Waals surface area (Å²) in [6, 6.07) is 12.9. The van der Waals surface area contributed by atoms with Crippen LogP contribution in [0.15, 0.2) is 54.6 Å². The first-order valence-electron chi connectivity index (χ1n) is 8.48.